The summed E-state index contributed by atoms with van der Waals surface area (Å²) >= 11 is 0. The van der Waals surface area contributed by atoms with Crippen molar-refractivity contribution in [3.8, 4) is 0 Å². The third kappa shape index (κ3) is 3.25. The zero-order valence-corrected chi connectivity index (χ0v) is 10.5. The average molecular weight is 264 g/mol. The van der Waals surface area contributed by atoms with Crippen LogP contribution < -0.4 is 0 Å². The molecule has 0 saturated heterocycles. The first-order valence-electron chi connectivity index (χ1n) is 5.04. The van der Waals surface area contributed by atoms with Crippen LogP contribution in [0.3, 0.4) is 0 Å². The van der Waals surface area contributed by atoms with Crippen LogP contribution >= 0.6 is 10.7 Å². The Balaban J connectivity index is 2.24. The minimum absolute atomic E-state index is 0.284. The number of carbonyl (C=O) groups excluding carboxylic acids is 1. The molecule has 0 spiro atoms. The van der Waals surface area contributed by atoms with E-state index >= 15 is 0 Å². The van der Waals surface area contributed by atoms with Crippen LogP contribution in [0, 0.1) is 0 Å². The summed E-state index contributed by atoms with van der Waals surface area (Å²) in [5.41, 5.74) is 0.557. The molecule has 0 radical (unpaired) electrons. The molecule has 0 aromatic heterocycles. The van der Waals surface area contributed by atoms with Crippen LogP contribution in [-0.2, 0) is 9.90 Å². The van der Waals surface area contributed by atoms with E-state index in [1.54, 1.807) is 24.3 Å². The van der Waals surface area contributed by atoms with Crippen molar-refractivity contribution in [3.05, 3.63) is 66.2 Å². The molecule has 0 heterocycles. The number of hydrogen-bond donors (Lipinski definition) is 0. The predicted molar refractivity (Wildman–Crippen MR) is 71.1 cm³/mol. The van der Waals surface area contributed by atoms with E-state index in [0.717, 1.165) is 4.90 Å². The van der Waals surface area contributed by atoms with Crippen LogP contribution in [0.15, 0.2) is 69.9 Å². The number of benzene rings is 2. The Bertz CT molecular complexity index is 540. The van der Waals surface area contributed by atoms with E-state index < -0.39 is 9.90 Å². The molecule has 0 saturated carbocycles. The van der Waals surface area contributed by atoms with Gasteiger partial charge in [-0.3, -0.25) is 4.79 Å². The van der Waals surface area contributed by atoms with Gasteiger partial charge >= 0.3 is 0 Å². The van der Waals surface area contributed by atoms with Crippen LogP contribution in [0.4, 0.5) is 0 Å². The first-order chi connectivity index (χ1) is 8.27. The highest BCUT2D eigenvalue weighted by molar-refractivity contribution is 8.10. The van der Waals surface area contributed by atoms with E-state index in [1.807, 2.05) is 36.4 Å². The molecular formula is C13H10ClNOS. The van der Waals surface area contributed by atoms with E-state index in [2.05, 4.69) is 4.36 Å². The van der Waals surface area contributed by atoms with Gasteiger partial charge < -0.3 is 0 Å². The second-order valence-corrected chi connectivity index (χ2v) is 5.32. The topological polar surface area (TPSA) is 29.4 Å². The molecule has 86 valence electrons. The van der Waals surface area contributed by atoms with Crippen molar-refractivity contribution in [2.24, 2.45) is 4.36 Å². The van der Waals surface area contributed by atoms with Crippen molar-refractivity contribution < 1.29 is 4.79 Å². The number of carbonyl (C=O) groups is 1. The normalized spacial score (nSPS) is 12.3. The summed E-state index contributed by atoms with van der Waals surface area (Å²) in [6.45, 7) is 0. The quantitative estimate of drug-likeness (QED) is 0.809. The molecule has 0 bridgehead atoms. The molecule has 1 amide bonds. The summed E-state index contributed by atoms with van der Waals surface area (Å²) in [5, 5.41) is 0. The molecule has 0 aliphatic heterocycles. The molecule has 0 aliphatic carbocycles. The van der Waals surface area contributed by atoms with Gasteiger partial charge in [0.1, 0.15) is 0 Å². The Morgan fingerprint density at radius 1 is 0.941 bits per heavy atom. The van der Waals surface area contributed by atoms with Gasteiger partial charge in [-0.25, -0.2) is 0 Å². The van der Waals surface area contributed by atoms with Crippen molar-refractivity contribution in [1.82, 2.24) is 0 Å². The van der Waals surface area contributed by atoms with Crippen molar-refractivity contribution in [2.75, 3.05) is 0 Å². The average Bonchev–Trinajstić information content (AvgIpc) is 2.40. The minimum Gasteiger partial charge on any atom is -0.266 e. The molecule has 4 heteroatoms. The Hall–Kier alpha value is -1.45. The summed E-state index contributed by atoms with van der Waals surface area (Å²) in [4.78, 5) is 12.6. The summed E-state index contributed by atoms with van der Waals surface area (Å²) in [7, 11) is 5.17. The van der Waals surface area contributed by atoms with Gasteiger partial charge in [0.05, 0.1) is 0 Å². The molecule has 17 heavy (non-hydrogen) atoms. The molecular weight excluding hydrogens is 254 g/mol. The lowest BCUT2D eigenvalue weighted by atomic mass is 10.2. The van der Waals surface area contributed by atoms with Crippen molar-refractivity contribution in [1.29, 1.82) is 0 Å². The number of hydrogen-bond acceptors (Lipinski definition) is 1. The van der Waals surface area contributed by atoms with Crippen LogP contribution in [0.25, 0.3) is 0 Å². The molecule has 0 aliphatic rings. The van der Waals surface area contributed by atoms with E-state index in [1.165, 1.54) is 0 Å². The molecule has 2 nitrogen and oxygen atoms in total. The van der Waals surface area contributed by atoms with Crippen molar-refractivity contribution in [3.63, 3.8) is 0 Å². The molecule has 2 aromatic rings. The standard InChI is InChI=1S/C13H10ClNOS/c14-17(12-9-5-2-6-10-12)15-13(16)11-7-3-1-4-8-11/h1-10H. The Morgan fingerprint density at radius 2 is 1.47 bits per heavy atom. The van der Waals surface area contributed by atoms with E-state index in [4.69, 9.17) is 10.7 Å². The fraction of sp³-hybridized carbons (Fsp3) is 0. The smallest absolute Gasteiger partial charge is 0.266 e. The van der Waals surface area contributed by atoms with E-state index in [-0.39, 0.29) is 5.91 Å². The SMILES string of the molecule is O=C(N=S(Cl)c1ccccc1)c1ccccc1. The third-order valence-electron chi connectivity index (χ3n) is 2.12. The fourth-order valence-corrected chi connectivity index (χ4v) is 2.53. The van der Waals surface area contributed by atoms with E-state index in [0.29, 0.717) is 5.56 Å². The second-order valence-electron chi connectivity index (χ2n) is 3.31. The maximum atomic E-state index is 11.8. The summed E-state index contributed by atoms with van der Waals surface area (Å²) in [6.07, 6.45) is 0. The molecule has 1 atom stereocenters. The molecule has 0 fully saturated rings. The third-order valence-corrected chi connectivity index (χ3v) is 3.85. The highest BCUT2D eigenvalue weighted by Crippen LogP contribution is 2.13. The van der Waals surface area contributed by atoms with Crippen LogP contribution in [0.2, 0.25) is 0 Å². The van der Waals surface area contributed by atoms with Crippen LogP contribution in [0.5, 0.6) is 0 Å². The number of amides is 1. The predicted octanol–water partition coefficient (Wildman–Crippen LogP) is 3.84. The first-order valence-corrected chi connectivity index (χ1v) is 7.05. The highest BCUT2D eigenvalue weighted by Gasteiger charge is 2.05. The number of halogens is 1. The molecule has 0 N–H and O–H groups in total. The summed E-state index contributed by atoms with van der Waals surface area (Å²) < 4.78 is 3.97. The number of rotatable bonds is 2. The minimum atomic E-state index is -0.916. The van der Waals surface area contributed by atoms with Gasteiger partial charge in [-0.1, -0.05) is 36.4 Å². The number of nitrogens with zero attached hydrogens (tertiary/aromatic N) is 1. The monoisotopic (exact) mass is 263 g/mol. The maximum Gasteiger partial charge on any atom is 0.284 e. The van der Waals surface area contributed by atoms with Crippen LogP contribution in [-0.4, -0.2) is 5.91 Å². The highest BCUT2D eigenvalue weighted by atomic mass is 35.7. The summed E-state index contributed by atoms with van der Waals surface area (Å²) in [5.74, 6) is -0.284. The van der Waals surface area contributed by atoms with Crippen LogP contribution in [0.1, 0.15) is 10.4 Å². The van der Waals surface area contributed by atoms with Gasteiger partial charge in [-0.15, -0.1) is 0 Å². The fourth-order valence-electron chi connectivity index (χ4n) is 1.29. The lowest BCUT2D eigenvalue weighted by molar-refractivity contribution is 0.101. The molecule has 2 rings (SSSR count). The van der Waals surface area contributed by atoms with Gasteiger partial charge in [0, 0.05) is 20.4 Å². The van der Waals surface area contributed by atoms with E-state index in [9.17, 15) is 4.79 Å². The zero-order chi connectivity index (χ0) is 12.1. The Labute approximate surface area is 107 Å². The second kappa shape index (κ2) is 5.75. The van der Waals surface area contributed by atoms with Gasteiger partial charge in [-0.2, -0.15) is 4.36 Å². The largest absolute Gasteiger partial charge is 0.284 e. The van der Waals surface area contributed by atoms with Crippen molar-refractivity contribution in [2.45, 2.75) is 4.90 Å². The van der Waals surface area contributed by atoms with Gasteiger partial charge in [0.2, 0.25) is 0 Å². The summed E-state index contributed by atoms with van der Waals surface area (Å²) in [6, 6.07) is 18.3. The maximum absolute atomic E-state index is 11.8. The Kier molecular flexibility index (Phi) is 4.07. The van der Waals surface area contributed by atoms with Crippen molar-refractivity contribution >= 4 is 26.5 Å². The lowest BCUT2D eigenvalue weighted by Crippen LogP contribution is -1.95. The van der Waals surface area contributed by atoms with Gasteiger partial charge in [0.15, 0.2) is 0 Å². The van der Waals surface area contributed by atoms with Gasteiger partial charge in [0.25, 0.3) is 5.91 Å². The van der Waals surface area contributed by atoms with Gasteiger partial charge in [-0.05, 0) is 34.9 Å². The molecule has 1 unspecified atom stereocenters. The zero-order valence-electron chi connectivity index (χ0n) is 8.92. The Morgan fingerprint density at radius 3 is 2.06 bits per heavy atom. The first kappa shape index (κ1) is 12.0. The molecule has 2 aromatic carbocycles. The lowest BCUT2D eigenvalue weighted by Gasteiger charge is -1.99.